The fourth-order valence-electron chi connectivity index (χ4n) is 4.31. The summed E-state index contributed by atoms with van der Waals surface area (Å²) in [4.78, 5) is 26.3. The summed E-state index contributed by atoms with van der Waals surface area (Å²) >= 11 is 0. The maximum Gasteiger partial charge on any atom is 0.311 e. The molecular formula is C24H26N8O2. The minimum absolute atomic E-state index is 0.0545. The van der Waals surface area contributed by atoms with E-state index >= 15 is 0 Å². The van der Waals surface area contributed by atoms with Gasteiger partial charge in [0.15, 0.2) is 0 Å². The molecule has 0 bridgehead atoms. The Kier molecular flexibility index (Phi) is 5.94. The van der Waals surface area contributed by atoms with Crippen molar-refractivity contribution in [2.75, 3.05) is 35.6 Å². The second kappa shape index (κ2) is 9.34. The molecule has 1 aliphatic rings. The molecule has 10 heteroatoms. The first-order valence-corrected chi connectivity index (χ1v) is 11.4. The van der Waals surface area contributed by atoms with Gasteiger partial charge in [0.1, 0.15) is 5.65 Å². The Labute approximate surface area is 196 Å². The maximum atomic E-state index is 10.9. The predicted molar refractivity (Wildman–Crippen MR) is 132 cm³/mol. The van der Waals surface area contributed by atoms with E-state index in [0.717, 1.165) is 42.1 Å². The summed E-state index contributed by atoms with van der Waals surface area (Å²) < 4.78 is 1.93. The van der Waals surface area contributed by atoms with Gasteiger partial charge in [-0.3, -0.25) is 14.5 Å². The van der Waals surface area contributed by atoms with Gasteiger partial charge in [0, 0.05) is 61.1 Å². The van der Waals surface area contributed by atoms with Crippen LogP contribution < -0.4 is 16.0 Å². The number of nitro groups is 1. The molecule has 0 saturated carbocycles. The minimum Gasteiger partial charge on any atom is -0.378 e. The van der Waals surface area contributed by atoms with Crippen molar-refractivity contribution in [3.8, 4) is 11.3 Å². The van der Waals surface area contributed by atoms with Crippen LogP contribution in [0.1, 0.15) is 25.0 Å². The van der Waals surface area contributed by atoms with Crippen LogP contribution >= 0.6 is 0 Å². The largest absolute Gasteiger partial charge is 0.378 e. The molecule has 3 aromatic heterocycles. The van der Waals surface area contributed by atoms with Gasteiger partial charge in [-0.2, -0.15) is 0 Å². The van der Waals surface area contributed by atoms with Gasteiger partial charge in [-0.05, 0) is 43.9 Å². The first kappa shape index (κ1) is 21.6. The molecule has 0 spiro atoms. The Morgan fingerprint density at radius 3 is 2.76 bits per heavy atom. The molecule has 0 amide bonds. The van der Waals surface area contributed by atoms with Crippen molar-refractivity contribution >= 4 is 28.8 Å². The zero-order chi connectivity index (χ0) is 23.5. The van der Waals surface area contributed by atoms with Crippen LogP contribution in [0.4, 0.5) is 23.1 Å². The first-order chi connectivity index (χ1) is 16.6. The lowest BCUT2D eigenvalue weighted by atomic mass is 10.1. The summed E-state index contributed by atoms with van der Waals surface area (Å²) in [6.45, 7) is 2.84. The average molecular weight is 459 g/mol. The van der Waals surface area contributed by atoms with Crippen LogP contribution in [0.2, 0.25) is 0 Å². The Balaban J connectivity index is 1.30. The Morgan fingerprint density at radius 1 is 1.12 bits per heavy atom. The molecule has 0 aliphatic carbocycles. The molecule has 4 aromatic rings. The number of benzene rings is 1. The van der Waals surface area contributed by atoms with Crippen molar-refractivity contribution in [3.05, 3.63) is 70.7 Å². The van der Waals surface area contributed by atoms with Gasteiger partial charge >= 0.3 is 5.69 Å². The highest BCUT2D eigenvalue weighted by atomic mass is 16.6. The normalized spacial score (nSPS) is 13.5. The maximum absolute atomic E-state index is 10.9. The fourth-order valence-corrected chi connectivity index (χ4v) is 4.31. The van der Waals surface area contributed by atoms with Gasteiger partial charge in [-0.15, -0.1) is 0 Å². The molecular weight excluding hydrogens is 432 g/mol. The number of aryl methyl sites for hydroxylation is 1. The van der Waals surface area contributed by atoms with Crippen molar-refractivity contribution in [3.63, 3.8) is 0 Å². The van der Waals surface area contributed by atoms with Gasteiger partial charge in [-0.1, -0.05) is 12.1 Å². The van der Waals surface area contributed by atoms with Gasteiger partial charge in [-0.25, -0.2) is 15.0 Å². The summed E-state index contributed by atoms with van der Waals surface area (Å²) in [7, 11) is 0. The summed E-state index contributed by atoms with van der Waals surface area (Å²) in [6, 6.07) is 13.6. The van der Waals surface area contributed by atoms with Crippen molar-refractivity contribution in [2.24, 2.45) is 0 Å². The van der Waals surface area contributed by atoms with Gasteiger partial charge in [0.2, 0.25) is 11.8 Å². The second-order valence-electron chi connectivity index (χ2n) is 8.36. The summed E-state index contributed by atoms with van der Waals surface area (Å²) in [5, 5.41) is 14.3. The number of hydrogen-bond donors (Lipinski definition) is 2. The number of nitrogens with two attached hydrogens (primary N) is 1. The summed E-state index contributed by atoms with van der Waals surface area (Å²) in [5.41, 5.74) is 10.2. The molecule has 10 nitrogen and oxygen atoms in total. The quantitative estimate of drug-likeness (QED) is 0.231. The number of nitrogens with zero attached hydrogens (tertiary/aromatic N) is 6. The lowest BCUT2D eigenvalue weighted by Gasteiger charge is -2.18. The number of rotatable bonds is 8. The molecule has 4 heterocycles. The molecule has 1 aliphatic heterocycles. The number of pyridine rings is 1. The number of nitrogens with one attached hydrogen (secondary N) is 1. The summed E-state index contributed by atoms with van der Waals surface area (Å²) in [5.74, 6) is 0.661. The molecule has 5 rings (SSSR count). The average Bonchev–Trinajstić information content (AvgIpc) is 3.54. The van der Waals surface area contributed by atoms with E-state index < -0.39 is 4.92 Å². The van der Waals surface area contributed by atoms with Crippen molar-refractivity contribution in [2.45, 2.75) is 25.7 Å². The van der Waals surface area contributed by atoms with Crippen molar-refractivity contribution in [1.29, 1.82) is 0 Å². The summed E-state index contributed by atoms with van der Waals surface area (Å²) in [6.07, 6.45) is 7.51. The number of imidazole rings is 1. The van der Waals surface area contributed by atoms with E-state index in [4.69, 9.17) is 10.7 Å². The fraction of sp³-hybridized carbons (Fsp3) is 0.292. The predicted octanol–water partition coefficient (Wildman–Crippen LogP) is 3.93. The molecule has 0 unspecified atom stereocenters. The zero-order valence-electron chi connectivity index (χ0n) is 18.7. The molecule has 0 atom stereocenters. The standard InChI is InChI=1S/C24H26N8O2/c25-23-21(32(33)34)9-8-18(28-23)6-4-10-27-24-29-20(16-22-26-11-14-31(22)24)17-5-3-7-19(15-17)30-12-1-2-13-30/h3,5,7-9,11,14-16H,1-2,4,6,10,12-13H2,(H2,25,28)(H,27,29). The van der Waals surface area contributed by atoms with Crippen molar-refractivity contribution < 1.29 is 4.92 Å². The Morgan fingerprint density at radius 2 is 1.97 bits per heavy atom. The van der Waals surface area contributed by atoms with Crippen molar-refractivity contribution in [1.82, 2.24) is 19.4 Å². The number of anilines is 3. The monoisotopic (exact) mass is 458 g/mol. The highest BCUT2D eigenvalue weighted by molar-refractivity contribution is 5.70. The Hall–Kier alpha value is -4.21. The van der Waals surface area contributed by atoms with E-state index in [9.17, 15) is 10.1 Å². The van der Waals surface area contributed by atoms with E-state index in [0.29, 0.717) is 18.9 Å². The second-order valence-corrected chi connectivity index (χ2v) is 8.36. The van der Waals surface area contributed by atoms with Gasteiger partial charge in [0.25, 0.3) is 0 Å². The topological polar surface area (TPSA) is 128 Å². The highest BCUT2D eigenvalue weighted by Crippen LogP contribution is 2.27. The van der Waals surface area contributed by atoms with E-state index in [2.05, 4.69) is 44.5 Å². The van der Waals surface area contributed by atoms with E-state index in [1.165, 1.54) is 24.6 Å². The Bertz CT molecular complexity index is 1330. The SMILES string of the molecule is Nc1nc(CCCNc2nc(-c3cccc(N4CCCC4)c3)cc3nccn23)ccc1[N+](=O)[O-]. The van der Waals surface area contributed by atoms with Crippen LogP contribution in [0.5, 0.6) is 0 Å². The molecule has 1 aromatic carbocycles. The smallest absolute Gasteiger partial charge is 0.311 e. The van der Waals surface area contributed by atoms with Crippen LogP contribution in [0, 0.1) is 10.1 Å². The minimum atomic E-state index is -0.524. The number of fused-ring (bicyclic) bond motifs is 1. The van der Waals surface area contributed by atoms with E-state index in [-0.39, 0.29) is 11.5 Å². The molecule has 34 heavy (non-hydrogen) atoms. The molecule has 1 fully saturated rings. The third-order valence-electron chi connectivity index (χ3n) is 6.05. The van der Waals surface area contributed by atoms with E-state index in [1.807, 2.05) is 16.7 Å². The molecule has 1 saturated heterocycles. The third kappa shape index (κ3) is 4.47. The lowest BCUT2D eigenvalue weighted by molar-refractivity contribution is -0.384. The van der Waals surface area contributed by atoms with Crippen LogP contribution in [-0.2, 0) is 6.42 Å². The highest BCUT2D eigenvalue weighted by Gasteiger charge is 2.15. The zero-order valence-corrected chi connectivity index (χ0v) is 18.7. The number of aromatic nitrogens is 4. The van der Waals surface area contributed by atoms with Gasteiger partial charge < -0.3 is 16.0 Å². The van der Waals surface area contributed by atoms with E-state index in [1.54, 1.807) is 12.3 Å². The molecule has 3 N–H and O–H groups in total. The lowest BCUT2D eigenvalue weighted by Crippen LogP contribution is -2.17. The van der Waals surface area contributed by atoms with Gasteiger partial charge in [0.05, 0.1) is 10.6 Å². The third-order valence-corrected chi connectivity index (χ3v) is 6.05. The molecule has 174 valence electrons. The molecule has 0 radical (unpaired) electrons. The number of nitrogen functional groups attached to an aromatic ring is 1. The van der Waals surface area contributed by atoms with Crippen LogP contribution in [0.25, 0.3) is 16.9 Å². The van der Waals surface area contributed by atoms with Crippen LogP contribution in [0.15, 0.2) is 54.9 Å². The van der Waals surface area contributed by atoms with Crippen LogP contribution in [0.3, 0.4) is 0 Å². The first-order valence-electron chi connectivity index (χ1n) is 11.4. The number of hydrogen-bond acceptors (Lipinski definition) is 8. The van der Waals surface area contributed by atoms with Crippen LogP contribution in [-0.4, -0.2) is 43.9 Å².